The number of aryl methyl sites for hydroxylation is 3. The Morgan fingerprint density at radius 3 is 2.52 bits per heavy atom. The number of rotatable bonds is 4. The summed E-state index contributed by atoms with van der Waals surface area (Å²) in [5.41, 5.74) is 6.96. The van der Waals surface area contributed by atoms with Crippen LogP contribution in [-0.4, -0.2) is 14.9 Å². The molecule has 0 spiro atoms. The lowest BCUT2D eigenvalue weighted by Crippen LogP contribution is -2.20. The number of benzene rings is 2. The van der Waals surface area contributed by atoms with Crippen molar-refractivity contribution in [3.63, 3.8) is 0 Å². The van der Waals surface area contributed by atoms with Gasteiger partial charge in [0.05, 0.1) is 23.6 Å². The summed E-state index contributed by atoms with van der Waals surface area (Å²) in [5, 5.41) is 12.4. The molecule has 2 N–H and O–H groups in total. The fourth-order valence-electron chi connectivity index (χ4n) is 3.58. The van der Waals surface area contributed by atoms with Crippen LogP contribution in [0.25, 0.3) is 11.0 Å². The third-order valence-corrected chi connectivity index (χ3v) is 5.49. The minimum absolute atomic E-state index is 0.366. The standard InChI is InChI=1S/C24H24N4O2S/c1-14-5-7-18(8-6-14)13-28-17(4)23(16(3)27-28)26-24(31)25-19-9-10-20-15(2)11-22(29)30-21(20)12-19/h5-12H,13H2,1-4H3,(H2,25,26,31). The molecular formula is C24H24N4O2S. The van der Waals surface area contributed by atoms with Crippen molar-refractivity contribution in [3.05, 3.63) is 87.0 Å². The summed E-state index contributed by atoms with van der Waals surface area (Å²) >= 11 is 5.51. The summed E-state index contributed by atoms with van der Waals surface area (Å²) in [6, 6.07) is 15.5. The van der Waals surface area contributed by atoms with Crippen LogP contribution in [0.15, 0.2) is 57.7 Å². The van der Waals surface area contributed by atoms with E-state index in [9.17, 15) is 4.79 Å². The van der Waals surface area contributed by atoms with Crippen LogP contribution in [-0.2, 0) is 6.54 Å². The van der Waals surface area contributed by atoms with Gasteiger partial charge >= 0.3 is 5.63 Å². The minimum atomic E-state index is -0.366. The number of nitrogens with zero attached hydrogens (tertiary/aromatic N) is 2. The molecule has 6 nitrogen and oxygen atoms in total. The maximum absolute atomic E-state index is 11.7. The van der Waals surface area contributed by atoms with Crippen LogP contribution in [0.4, 0.5) is 11.4 Å². The Morgan fingerprint density at radius 1 is 1.03 bits per heavy atom. The van der Waals surface area contributed by atoms with E-state index < -0.39 is 0 Å². The molecule has 0 radical (unpaired) electrons. The lowest BCUT2D eigenvalue weighted by atomic mass is 10.1. The first-order valence-electron chi connectivity index (χ1n) is 10.0. The molecule has 2 heterocycles. The monoisotopic (exact) mass is 432 g/mol. The summed E-state index contributed by atoms with van der Waals surface area (Å²) in [7, 11) is 0. The van der Waals surface area contributed by atoms with Crippen LogP contribution in [0.1, 0.15) is 28.1 Å². The second-order valence-electron chi connectivity index (χ2n) is 7.73. The topological polar surface area (TPSA) is 72.1 Å². The first-order chi connectivity index (χ1) is 14.8. The molecule has 0 saturated carbocycles. The Hall–Kier alpha value is -3.45. The molecule has 0 saturated heterocycles. The Balaban J connectivity index is 1.51. The van der Waals surface area contributed by atoms with E-state index in [1.165, 1.54) is 17.2 Å². The molecule has 0 atom stereocenters. The maximum atomic E-state index is 11.7. The first-order valence-corrected chi connectivity index (χ1v) is 10.4. The summed E-state index contributed by atoms with van der Waals surface area (Å²) in [5.74, 6) is 0. The molecule has 0 aliphatic carbocycles. The summed E-state index contributed by atoms with van der Waals surface area (Å²) < 4.78 is 7.29. The molecule has 158 valence electrons. The van der Waals surface area contributed by atoms with Gasteiger partial charge in [0.1, 0.15) is 5.58 Å². The van der Waals surface area contributed by atoms with Crippen molar-refractivity contribution in [2.24, 2.45) is 0 Å². The van der Waals surface area contributed by atoms with Crippen LogP contribution in [0.2, 0.25) is 0 Å². The summed E-state index contributed by atoms with van der Waals surface area (Å²) in [6.45, 7) is 8.63. The highest BCUT2D eigenvalue weighted by Gasteiger charge is 2.13. The average Bonchev–Trinajstić information content (AvgIpc) is 2.96. The fourth-order valence-corrected chi connectivity index (χ4v) is 3.80. The lowest BCUT2D eigenvalue weighted by Gasteiger charge is -2.12. The van der Waals surface area contributed by atoms with Gasteiger partial charge < -0.3 is 15.1 Å². The second kappa shape index (κ2) is 8.35. The van der Waals surface area contributed by atoms with Gasteiger partial charge in [-0.25, -0.2) is 4.79 Å². The number of anilines is 2. The minimum Gasteiger partial charge on any atom is -0.423 e. The Kier molecular flexibility index (Phi) is 5.61. The Labute approximate surface area is 185 Å². The molecule has 2 aromatic carbocycles. The van der Waals surface area contributed by atoms with Crippen molar-refractivity contribution in [2.75, 3.05) is 10.6 Å². The van der Waals surface area contributed by atoms with Crippen LogP contribution < -0.4 is 16.3 Å². The van der Waals surface area contributed by atoms with Crippen molar-refractivity contribution in [1.82, 2.24) is 9.78 Å². The molecule has 4 aromatic rings. The highest BCUT2D eigenvalue weighted by molar-refractivity contribution is 7.80. The molecule has 7 heteroatoms. The van der Waals surface area contributed by atoms with Crippen LogP contribution in [0, 0.1) is 27.7 Å². The van der Waals surface area contributed by atoms with Gasteiger partial charge in [0.15, 0.2) is 5.11 Å². The zero-order valence-electron chi connectivity index (χ0n) is 17.9. The predicted molar refractivity (Wildman–Crippen MR) is 129 cm³/mol. The van der Waals surface area contributed by atoms with E-state index in [1.54, 1.807) is 6.07 Å². The molecule has 4 rings (SSSR count). The summed E-state index contributed by atoms with van der Waals surface area (Å²) in [4.78, 5) is 11.7. The highest BCUT2D eigenvalue weighted by Crippen LogP contribution is 2.23. The third-order valence-electron chi connectivity index (χ3n) is 5.28. The zero-order valence-corrected chi connectivity index (χ0v) is 18.8. The molecule has 0 fully saturated rings. The number of hydrogen-bond acceptors (Lipinski definition) is 4. The Morgan fingerprint density at radius 2 is 1.77 bits per heavy atom. The van der Waals surface area contributed by atoms with Crippen LogP contribution >= 0.6 is 12.2 Å². The normalized spacial score (nSPS) is 11.0. The van der Waals surface area contributed by atoms with E-state index >= 15 is 0 Å². The largest absolute Gasteiger partial charge is 0.423 e. The van der Waals surface area contributed by atoms with Gasteiger partial charge in [-0.05, 0) is 63.2 Å². The van der Waals surface area contributed by atoms with Crippen LogP contribution in [0.5, 0.6) is 0 Å². The van der Waals surface area contributed by atoms with Gasteiger partial charge in [0.2, 0.25) is 0 Å². The molecule has 0 aliphatic heterocycles. The van der Waals surface area contributed by atoms with E-state index in [0.29, 0.717) is 17.2 Å². The number of aromatic nitrogens is 2. The third kappa shape index (κ3) is 4.51. The molecule has 0 amide bonds. The van der Waals surface area contributed by atoms with Gasteiger partial charge in [0, 0.05) is 23.2 Å². The van der Waals surface area contributed by atoms with Crippen molar-refractivity contribution in [3.8, 4) is 0 Å². The summed E-state index contributed by atoms with van der Waals surface area (Å²) in [6.07, 6.45) is 0. The predicted octanol–water partition coefficient (Wildman–Crippen LogP) is 5.08. The first kappa shape index (κ1) is 20.8. The number of thiocarbonyl (C=S) groups is 1. The van der Waals surface area contributed by atoms with E-state index in [-0.39, 0.29) is 5.63 Å². The molecule has 2 aromatic heterocycles. The molecule has 31 heavy (non-hydrogen) atoms. The maximum Gasteiger partial charge on any atom is 0.336 e. The van der Waals surface area contributed by atoms with E-state index in [0.717, 1.165) is 33.7 Å². The van der Waals surface area contributed by atoms with Gasteiger partial charge in [-0.2, -0.15) is 5.10 Å². The molecular weight excluding hydrogens is 408 g/mol. The highest BCUT2D eigenvalue weighted by atomic mass is 32.1. The number of nitrogens with one attached hydrogen (secondary N) is 2. The van der Waals surface area contributed by atoms with E-state index in [2.05, 4.69) is 46.9 Å². The van der Waals surface area contributed by atoms with Crippen LogP contribution in [0.3, 0.4) is 0 Å². The van der Waals surface area contributed by atoms with E-state index in [1.807, 2.05) is 37.6 Å². The van der Waals surface area contributed by atoms with Gasteiger partial charge in [-0.3, -0.25) is 4.68 Å². The van der Waals surface area contributed by atoms with Crippen molar-refractivity contribution in [1.29, 1.82) is 0 Å². The molecule has 0 bridgehead atoms. The SMILES string of the molecule is Cc1ccc(Cn2nc(C)c(NC(=S)Nc3ccc4c(C)cc(=O)oc4c3)c2C)cc1. The van der Waals surface area contributed by atoms with Gasteiger partial charge in [0.25, 0.3) is 0 Å². The second-order valence-corrected chi connectivity index (χ2v) is 8.14. The van der Waals surface area contributed by atoms with Crippen molar-refractivity contribution < 1.29 is 4.42 Å². The molecule has 0 aliphatic rings. The van der Waals surface area contributed by atoms with Gasteiger partial charge in [-0.15, -0.1) is 0 Å². The number of hydrogen-bond donors (Lipinski definition) is 2. The van der Waals surface area contributed by atoms with E-state index in [4.69, 9.17) is 16.6 Å². The number of fused-ring (bicyclic) bond motifs is 1. The lowest BCUT2D eigenvalue weighted by molar-refractivity contribution is 0.560. The molecule has 0 unspecified atom stereocenters. The van der Waals surface area contributed by atoms with Crippen molar-refractivity contribution in [2.45, 2.75) is 34.2 Å². The quantitative estimate of drug-likeness (QED) is 0.346. The zero-order chi connectivity index (χ0) is 22.1. The average molecular weight is 433 g/mol. The smallest absolute Gasteiger partial charge is 0.336 e. The van der Waals surface area contributed by atoms with Crippen molar-refractivity contribution >= 4 is 39.7 Å². The Bertz CT molecular complexity index is 1340. The fraction of sp³-hybridized carbons (Fsp3) is 0.208. The van der Waals surface area contributed by atoms with Gasteiger partial charge in [-0.1, -0.05) is 29.8 Å².